The lowest BCUT2D eigenvalue weighted by Crippen LogP contribution is -2.32. The number of halogens is 1. The van der Waals surface area contributed by atoms with E-state index in [9.17, 15) is 4.79 Å². The number of thiophene rings is 1. The molecule has 0 spiro atoms. The summed E-state index contributed by atoms with van der Waals surface area (Å²) in [6.07, 6.45) is 0. The monoisotopic (exact) mass is 217 g/mol. The van der Waals surface area contributed by atoms with Gasteiger partial charge in [0.25, 0.3) is 5.91 Å². The molecule has 1 heterocycles. The zero-order chi connectivity index (χ0) is 10.0. The van der Waals surface area contributed by atoms with Gasteiger partial charge in [0.15, 0.2) is 0 Å². The maximum Gasteiger partial charge on any atom is 0.265 e. The Morgan fingerprint density at radius 3 is 2.62 bits per heavy atom. The maximum atomic E-state index is 11.7. The standard InChI is InChI=1S/C9H12ClNOS/c1-6(2)11(3)9(12)8-7(10)4-5-13-8/h4-6H,1-3H3. The molecule has 1 aromatic rings. The largest absolute Gasteiger partial charge is 0.339 e. The first-order chi connectivity index (χ1) is 6.04. The zero-order valence-corrected chi connectivity index (χ0v) is 9.45. The quantitative estimate of drug-likeness (QED) is 0.746. The van der Waals surface area contributed by atoms with Gasteiger partial charge in [-0.3, -0.25) is 4.79 Å². The minimum atomic E-state index is -0.00463. The summed E-state index contributed by atoms with van der Waals surface area (Å²) in [4.78, 5) is 14.0. The van der Waals surface area contributed by atoms with E-state index in [1.807, 2.05) is 19.2 Å². The molecule has 0 saturated carbocycles. The molecule has 2 nitrogen and oxygen atoms in total. The summed E-state index contributed by atoms with van der Waals surface area (Å²) in [6.45, 7) is 3.94. The van der Waals surface area contributed by atoms with Crippen LogP contribution in [-0.2, 0) is 0 Å². The highest BCUT2D eigenvalue weighted by Gasteiger charge is 2.17. The van der Waals surface area contributed by atoms with Crippen LogP contribution in [0.25, 0.3) is 0 Å². The van der Waals surface area contributed by atoms with Crippen molar-refractivity contribution in [1.29, 1.82) is 0 Å². The summed E-state index contributed by atoms with van der Waals surface area (Å²) in [5, 5.41) is 2.37. The molecular weight excluding hydrogens is 206 g/mol. The van der Waals surface area contributed by atoms with Crippen LogP contribution in [0.2, 0.25) is 5.02 Å². The summed E-state index contributed by atoms with van der Waals surface area (Å²) in [5.41, 5.74) is 0. The van der Waals surface area contributed by atoms with Gasteiger partial charge in [0.05, 0.1) is 5.02 Å². The number of carbonyl (C=O) groups excluding carboxylic acids is 1. The van der Waals surface area contributed by atoms with E-state index in [1.54, 1.807) is 18.0 Å². The van der Waals surface area contributed by atoms with E-state index in [-0.39, 0.29) is 11.9 Å². The van der Waals surface area contributed by atoms with Crippen LogP contribution < -0.4 is 0 Å². The molecule has 0 aliphatic carbocycles. The summed E-state index contributed by atoms with van der Waals surface area (Å²) in [5.74, 6) is -0.00463. The zero-order valence-electron chi connectivity index (χ0n) is 7.87. The van der Waals surface area contributed by atoms with Crippen LogP contribution in [0, 0.1) is 0 Å². The van der Waals surface area contributed by atoms with Crippen LogP contribution in [0.1, 0.15) is 23.5 Å². The van der Waals surface area contributed by atoms with Gasteiger partial charge in [-0.2, -0.15) is 0 Å². The lowest BCUT2D eigenvalue weighted by Gasteiger charge is -2.20. The van der Waals surface area contributed by atoms with Crippen LogP contribution in [0.5, 0.6) is 0 Å². The van der Waals surface area contributed by atoms with Crippen molar-refractivity contribution in [1.82, 2.24) is 4.90 Å². The highest BCUT2D eigenvalue weighted by atomic mass is 35.5. The number of carbonyl (C=O) groups is 1. The first-order valence-corrected chi connectivity index (χ1v) is 5.30. The molecule has 1 aromatic heterocycles. The summed E-state index contributed by atoms with van der Waals surface area (Å²) in [7, 11) is 1.78. The molecule has 0 N–H and O–H groups in total. The molecule has 0 fully saturated rings. The van der Waals surface area contributed by atoms with Crippen molar-refractivity contribution in [3.8, 4) is 0 Å². The number of amides is 1. The van der Waals surface area contributed by atoms with Crippen LogP contribution in [-0.4, -0.2) is 23.9 Å². The van der Waals surface area contributed by atoms with E-state index >= 15 is 0 Å². The molecule has 0 radical (unpaired) electrons. The lowest BCUT2D eigenvalue weighted by atomic mass is 10.3. The van der Waals surface area contributed by atoms with E-state index in [0.717, 1.165) is 0 Å². The molecule has 72 valence electrons. The molecule has 0 aliphatic rings. The number of hydrogen-bond donors (Lipinski definition) is 0. The Morgan fingerprint density at radius 1 is 1.62 bits per heavy atom. The van der Waals surface area contributed by atoms with E-state index in [2.05, 4.69) is 0 Å². The summed E-state index contributed by atoms with van der Waals surface area (Å²) < 4.78 is 0. The molecule has 0 bridgehead atoms. The van der Waals surface area contributed by atoms with Gasteiger partial charge in [-0.15, -0.1) is 11.3 Å². The van der Waals surface area contributed by atoms with Gasteiger partial charge in [0.2, 0.25) is 0 Å². The van der Waals surface area contributed by atoms with Crippen molar-refractivity contribution in [2.45, 2.75) is 19.9 Å². The second-order valence-corrected chi connectivity index (χ2v) is 4.43. The highest BCUT2D eigenvalue weighted by molar-refractivity contribution is 7.12. The molecule has 0 aliphatic heterocycles. The van der Waals surface area contributed by atoms with Crippen molar-refractivity contribution < 1.29 is 4.79 Å². The maximum absolute atomic E-state index is 11.7. The fraction of sp³-hybridized carbons (Fsp3) is 0.444. The molecule has 1 rings (SSSR count). The lowest BCUT2D eigenvalue weighted by molar-refractivity contribution is 0.0760. The molecule has 4 heteroatoms. The van der Waals surface area contributed by atoms with Crippen molar-refractivity contribution in [2.75, 3.05) is 7.05 Å². The van der Waals surface area contributed by atoms with Gasteiger partial charge in [-0.25, -0.2) is 0 Å². The first-order valence-electron chi connectivity index (χ1n) is 4.04. The average Bonchev–Trinajstić information content (AvgIpc) is 2.48. The van der Waals surface area contributed by atoms with E-state index in [0.29, 0.717) is 9.90 Å². The third-order valence-electron chi connectivity index (χ3n) is 1.91. The SMILES string of the molecule is CC(C)N(C)C(=O)c1sccc1Cl. The second-order valence-electron chi connectivity index (χ2n) is 3.11. The van der Waals surface area contributed by atoms with Crippen molar-refractivity contribution in [3.63, 3.8) is 0 Å². The minimum Gasteiger partial charge on any atom is -0.339 e. The molecule has 1 amide bonds. The predicted octanol–water partition coefficient (Wildman–Crippen LogP) is 2.88. The normalized spacial score (nSPS) is 10.5. The van der Waals surface area contributed by atoms with E-state index in [4.69, 9.17) is 11.6 Å². The second kappa shape index (κ2) is 4.11. The van der Waals surface area contributed by atoms with Gasteiger partial charge in [-0.05, 0) is 25.3 Å². The van der Waals surface area contributed by atoms with Crippen LogP contribution >= 0.6 is 22.9 Å². The van der Waals surface area contributed by atoms with Gasteiger partial charge in [0.1, 0.15) is 4.88 Å². The fourth-order valence-electron chi connectivity index (χ4n) is 0.841. The molecule has 13 heavy (non-hydrogen) atoms. The summed E-state index contributed by atoms with van der Waals surface area (Å²) >= 11 is 7.23. The van der Waals surface area contributed by atoms with Gasteiger partial charge in [-0.1, -0.05) is 11.6 Å². The topological polar surface area (TPSA) is 20.3 Å². The Balaban J connectivity index is 2.86. The van der Waals surface area contributed by atoms with Gasteiger partial charge >= 0.3 is 0 Å². The number of nitrogens with zero attached hydrogens (tertiary/aromatic N) is 1. The molecule has 0 saturated heterocycles. The van der Waals surface area contributed by atoms with Crippen LogP contribution in [0.15, 0.2) is 11.4 Å². The van der Waals surface area contributed by atoms with Gasteiger partial charge in [0, 0.05) is 13.1 Å². The Bertz CT molecular complexity index is 308. The number of hydrogen-bond acceptors (Lipinski definition) is 2. The molecule has 0 unspecified atom stereocenters. The molecule has 0 aromatic carbocycles. The van der Waals surface area contributed by atoms with Crippen LogP contribution in [0.3, 0.4) is 0 Å². The van der Waals surface area contributed by atoms with Crippen molar-refractivity contribution >= 4 is 28.8 Å². The average molecular weight is 218 g/mol. The van der Waals surface area contributed by atoms with Crippen LogP contribution in [0.4, 0.5) is 0 Å². The van der Waals surface area contributed by atoms with Crippen molar-refractivity contribution in [2.24, 2.45) is 0 Å². The Kier molecular flexibility index (Phi) is 3.33. The smallest absolute Gasteiger partial charge is 0.265 e. The van der Waals surface area contributed by atoms with E-state index in [1.165, 1.54) is 11.3 Å². The highest BCUT2D eigenvalue weighted by Crippen LogP contribution is 2.23. The first kappa shape index (κ1) is 10.5. The summed E-state index contributed by atoms with van der Waals surface area (Å²) in [6, 6.07) is 1.94. The Hall–Kier alpha value is -0.540. The van der Waals surface area contributed by atoms with E-state index < -0.39 is 0 Å². The Morgan fingerprint density at radius 2 is 2.23 bits per heavy atom. The molecular formula is C9H12ClNOS. The fourth-order valence-corrected chi connectivity index (χ4v) is 1.96. The van der Waals surface area contributed by atoms with Crippen molar-refractivity contribution in [3.05, 3.63) is 21.3 Å². The Labute approximate surface area is 87.1 Å². The third-order valence-corrected chi connectivity index (χ3v) is 3.24. The predicted molar refractivity (Wildman–Crippen MR) is 56.6 cm³/mol. The minimum absolute atomic E-state index is 0.00463. The molecule has 0 atom stereocenters. The van der Waals surface area contributed by atoms with Gasteiger partial charge < -0.3 is 4.90 Å². The number of rotatable bonds is 2. The third kappa shape index (κ3) is 2.23.